The number of hydrogen-bond donors (Lipinski definition) is 1. The van der Waals surface area contributed by atoms with Gasteiger partial charge in [0.25, 0.3) is 5.91 Å². The molecule has 0 aliphatic rings. The summed E-state index contributed by atoms with van der Waals surface area (Å²) < 4.78 is 12.3. The molecule has 0 heterocycles. The number of ether oxygens (including phenoxy) is 2. The normalized spacial score (nSPS) is 10.8. The van der Waals surface area contributed by atoms with Gasteiger partial charge in [-0.25, -0.2) is 5.43 Å². The maximum atomic E-state index is 12.1. The van der Waals surface area contributed by atoms with Crippen LogP contribution in [0.5, 0.6) is 11.5 Å². The van der Waals surface area contributed by atoms with Crippen LogP contribution in [0.25, 0.3) is 0 Å². The molecular formula is C17H15BrClIN2O3. The van der Waals surface area contributed by atoms with Crippen molar-refractivity contribution < 1.29 is 14.3 Å². The molecule has 8 heteroatoms. The van der Waals surface area contributed by atoms with Crippen molar-refractivity contribution in [1.29, 1.82) is 0 Å². The van der Waals surface area contributed by atoms with E-state index in [2.05, 4.69) is 49.0 Å². The predicted molar refractivity (Wildman–Crippen MR) is 111 cm³/mol. The van der Waals surface area contributed by atoms with E-state index in [-0.39, 0.29) is 5.91 Å². The van der Waals surface area contributed by atoms with E-state index < -0.39 is 0 Å². The van der Waals surface area contributed by atoms with Gasteiger partial charge in [0.15, 0.2) is 5.75 Å². The molecule has 25 heavy (non-hydrogen) atoms. The minimum absolute atomic E-state index is 0.331. The van der Waals surface area contributed by atoms with E-state index in [9.17, 15) is 4.79 Å². The second-order valence-electron chi connectivity index (χ2n) is 4.80. The number of hydrazone groups is 1. The zero-order chi connectivity index (χ0) is 18.4. The molecule has 0 spiro atoms. The molecule has 0 aliphatic carbocycles. The number of carbonyl (C=O) groups is 1. The molecule has 0 fully saturated rings. The molecule has 0 aliphatic heterocycles. The molecule has 0 saturated heterocycles. The Morgan fingerprint density at radius 1 is 1.40 bits per heavy atom. The second kappa shape index (κ2) is 9.40. The molecule has 2 rings (SSSR count). The fourth-order valence-corrected chi connectivity index (χ4v) is 3.51. The molecule has 2 aromatic rings. The molecule has 1 N–H and O–H groups in total. The van der Waals surface area contributed by atoms with Gasteiger partial charge < -0.3 is 9.47 Å². The smallest absolute Gasteiger partial charge is 0.271 e. The summed E-state index contributed by atoms with van der Waals surface area (Å²) in [4.78, 5) is 12.1. The summed E-state index contributed by atoms with van der Waals surface area (Å²) in [6, 6.07) is 8.69. The first-order valence-corrected chi connectivity index (χ1v) is 9.50. The molecule has 132 valence electrons. The highest BCUT2D eigenvalue weighted by atomic mass is 127. The summed E-state index contributed by atoms with van der Waals surface area (Å²) in [7, 11) is 1.56. The Hall–Kier alpha value is -1.32. The van der Waals surface area contributed by atoms with Crippen molar-refractivity contribution in [2.75, 3.05) is 13.7 Å². The fraction of sp³-hybridized carbons (Fsp3) is 0.176. The molecule has 5 nitrogen and oxygen atoms in total. The van der Waals surface area contributed by atoms with Crippen molar-refractivity contribution in [3.8, 4) is 11.5 Å². The minimum Gasteiger partial charge on any atom is -0.496 e. The molecule has 0 bridgehead atoms. The zero-order valence-corrected chi connectivity index (χ0v) is 18.0. The Kier molecular flexibility index (Phi) is 7.52. The summed E-state index contributed by atoms with van der Waals surface area (Å²) >= 11 is 11.7. The van der Waals surface area contributed by atoms with E-state index in [4.69, 9.17) is 21.1 Å². The van der Waals surface area contributed by atoms with Crippen molar-refractivity contribution in [3.05, 3.63) is 54.5 Å². The van der Waals surface area contributed by atoms with Gasteiger partial charge in [0.05, 0.1) is 33.0 Å². The highest BCUT2D eigenvalue weighted by Gasteiger charge is 2.09. The topological polar surface area (TPSA) is 59.9 Å². The van der Waals surface area contributed by atoms with Crippen LogP contribution in [0.15, 0.2) is 39.9 Å². The van der Waals surface area contributed by atoms with Crippen molar-refractivity contribution in [2.45, 2.75) is 6.92 Å². The van der Waals surface area contributed by atoms with Crippen molar-refractivity contribution in [2.24, 2.45) is 5.10 Å². The van der Waals surface area contributed by atoms with E-state index >= 15 is 0 Å². The third kappa shape index (κ3) is 5.32. The van der Waals surface area contributed by atoms with Gasteiger partial charge in [-0.2, -0.15) is 5.10 Å². The maximum Gasteiger partial charge on any atom is 0.271 e. The summed E-state index contributed by atoms with van der Waals surface area (Å²) in [6.07, 6.45) is 1.51. The maximum absolute atomic E-state index is 12.1. The Labute approximate surface area is 173 Å². The van der Waals surface area contributed by atoms with Crippen LogP contribution in [0.2, 0.25) is 5.02 Å². The van der Waals surface area contributed by atoms with E-state index in [1.165, 1.54) is 6.21 Å². The number of carbonyl (C=O) groups excluding carboxylic acids is 1. The number of methoxy groups -OCH3 is 1. The van der Waals surface area contributed by atoms with Crippen molar-refractivity contribution in [1.82, 2.24) is 5.43 Å². The van der Waals surface area contributed by atoms with Crippen LogP contribution in [-0.2, 0) is 0 Å². The zero-order valence-electron chi connectivity index (χ0n) is 13.5. The Bertz CT molecular complexity index is 791. The van der Waals surface area contributed by atoms with Crippen LogP contribution < -0.4 is 14.9 Å². The average molecular weight is 538 g/mol. The first kappa shape index (κ1) is 20.0. The largest absolute Gasteiger partial charge is 0.496 e. The third-order valence-corrected chi connectivity index (χ3v) is 4.86. The first-order valence-electron chi connectivity index (χ1n) is 7.25. The Balaban J connectivity index is 2.09. The molecule has 0 saturated carbocycles. The lowest BCUT2D eigenvalue weighted by Gasteiger charge is -2.09. The van der Waals surface area contributed by atoms with Gasteiger partial charge in [-0.3, -0.25) is 4.79 Å². The number of benzene rings is 2. The summed E-state index contributed by atoms with van der Waals surface area (Å²) in [5, 5.41) is 4.43. The first-order chi connectivity index (χ1) is 12.0. The monoisotopic (exact) mass is 536 g/mol. The highest BCUT2D eigenvalue weighted by Crippen LogP contribution is 2.34. The lowest BCUT2D eigenvalue weighted by molar-refractivity contribution is 0.0954. The van der Waals surface area contributed by atoms with Crippen LogP contribution in [-0.4, -0.2) is 25.8 Å². The second-order valence-corrected chi connectivity index (χ2v) is 7.22. The molecule has 0 radical (unpaired) electrons. The van der Waals surface area contributed by atoms with Gasteiger partial charge in [0.2, 0.25) is 0 Å². The van der Waals surface area contributed by atoms with Gasteiger partial charge in [-0.1, -0.05) is 11.6 Å². The standard InChI is InChI=1S/C17H15BrClIN2O3/c1-3-25-16-12(18)6-10(7-13(16)19)9-21-22-17(23)11-4-5-14(20)15(8-11)24-2/h4-9H,3H2,1-2H3,(H,22,23)/b21-9-. The average Bonchev–Trinajstić information content (AvgIpc) is 2.58. The quantitative estimate of drug-likeness (QED) is 0.325. The SMILES string of the molecule is CCOc1c(Cl)cc(/C=N\NC(=O)c2ccc(I)c(OC)c2)cc1Br. The summed E-state index contributed by atoms with van der Waals surface area (Å²) in [5.41, 5.74) is 3.66. The van der Waals surface area contributed by atoms with Gasteiger partial charge in [-0.15, -0.1) is 0 Å². The lowest BCUT2D eigenvalue weighted by Crippen LogP contribution is -2.17. The number of halogens is 3. The molecule has 0 aromatic heterocycles. The predicted octanol–water partition coefficient (Wildman–Crippen LogP) is 4.88. The Morgan fingerprint density at radius 2 is 2.16 bits per heavy atom. The Morgan fingerprint density at radius 3 is 2.80 bits per heavy atom. The highest BCUT2D eigenvalue weighted by molar-refractivity contribution is 14.1. The van der Waals surface area contributed by atoms with Gasteiger partial charge in [0, 0.05) is 5.56 Å². The summed E-state index contributed by atoms with van der Waals surface area (Å²) in [6.45, 7) is 2.40. The number of rotatable bonds is 6. The van der Waals surface area contributed by atoms with Crippen LogP contribution in [0.1, 0.15) is 22.8 Å². The van der Waals surface area contributed by atoms with E-state index in [0.29, 0.717) is 28.7 Å². The van der Waals surface area contributed by atoms with E-state index in [1.807, 2.05) is 6.92 Å². The molecule has 0 atom stereocenters. The number of amides is 1. The minimum atomic E-state index is -0.331. The molecule has 1 amide bonds. The van der Waals surface area contributed by atoms with Crippen LogP contribution in [0.4, 0.5) is 0 Å². The van der Waals surface area contributed by atoms with Gasteiger partial charge in [0.1, 0.15) is 5.75 Å². The van der Waals surface area contributed by atoms with E-state index in [0.717, 1.165) is 13.6 Å². The molecular weight excluding hydrogens is 522 g/mol. The number of hydrogen-bond acceptors (Lipinski definition) is 4. The van der Waals surface area contributed by atoms with Crippen molar-refractivity contribution >= 4 is 62.2 Å². The molecule has 0 unspecified atom stereocenters. The fourth-order valence-electron chi connectivity index (χ4n) is 1.97. The van der Waals surface area contributed by atoms with Gasteiger partial charge >= 0.3 is 0 Å². The van der Waals surface area contributed by atoms with Crippen LogP contribution in [0, 0.1) is 3.57 Å². The number of nitrogens with one attached hydrogen (secondary N) is 1. The third-order valence-electron chi connectivity index (χ3n) is 3.10. The molecule has 2 aromatic carbocycles. The van der Waals surface area contributed by atoms with Crippen molar-refractivity contribution in [3.63, 3.8) is 0 Å². The van der Waals surface area contributed by atoms with Gasteiger partial charge in [-0.05, 0) is 81.3 Å². The van der Waals surface area contributed by atoms with Crippen LogP contribution in [0.3, 0.4) is 0 Å². The summed E-state index contributed by atoms with van der Waals surface area (Å²) in [5.74, 6) is 0.887. The number of nitrogens with zero attached hydrogens (tertiary/aromatic N) is 1. The lowest BCUT2D eigenvalue weighted by atomic mass is 10.2. The van der Waals surface area contributed by atoms with Crippen LogP contribution >= 0.6 is 50.1 Å². The van der Waals surface area contributed by atoms with E-state index in [1.54, 1.807) is 37.4 Å².